The van der Waals surface area contributed by atoms with Crippen LogP contribution in [0.2, 0.25) is 0 Å². The molecular formula is C22H30N8O2. The van der Waals surface area contributed by atoms with Crippen molar-refractivity contribution >= 4 is 17.6 Å². The third kappa shape index (κ3) is 5.37. The quantitative estimate of drug-likeness (QED) is 0.530. The maximum absolute atomic E-state index is 13.1. The zero-order valence-corrected chi connectivity index (χ0v) is 18.4. The van der Waals surface area contributed by atoms with E-state index in [1.54, 1.807) is 30.9 Å². The van der Waals surface area contributed by atoms with E-state index in [9.17, 15) is 4.79 Å². The number of anilines is 1. The third-order valence-electron chi connectivity index (χ3n) is 6.25. The number of oxime groups is 1. The number of carbonyl (C=O) groups is 1. The lowest BCUT2D eigenvalue weighted by molar-refractivity contribution is -0.138. The number of amides is 1. The van der Waals surface area contributed by atoms with Crippen molar-refractivity contribution in [2.24, 2.45) is 17.0 Å². The van der Waals surface area contributed by atoms with Crippen LogP contribution < -0.4 is 5.73 Å². The normalized spacial score (nSPS) is 19.2. The van der Waals surface area contributed by atoms with Crippen LogP contribution in [0.5, 0.6) is 0 Å². The molecule has 1 amide bonds. The van der Waals surface area contributed by atoms with Crippen molar-refractivity contribution in [3.8, 4) is 0 Å². The van der Waals surface area contributed by atoms with Crippen molar-refractivity contribution < 1.29 is 9.63 Å². The Bertz CT molecular complexity index is 905. The lowest BCUT2D eigenvalue weighted by Crippen LogP contribution is -2.46. The summed E-state index contributed by atoms with van der Waals surface area (Å²) in [5.41, 5.74) is 7.36. The van der Waals surface area contributed by atoms with Gasteiger partial charge >= 0.3 is 0 Å². The molecule has 4 heterocycles. The molecule has 2 aliphatic heterocycles. The molecule has 0 saturated carbocycles. The number of nitrogens with zero attached hydrogens (tertiary/aromatic N) is 7. The summed E-state index contributed by atoms with van der Waals surface area (Å²) in [6.07, 6.45) is 10.4. The Morgan fingerprint density at radius 1 is 1.03 bits per heavy atom. The van der Waals surface area contributed by atoms with E-state index in [0.29, 0.717) is 11.8 Å². The fraction of sp³-hybridized carbons (Fsp3) is 0.545. The molecule has 2 fully saturated rings. The molecule has 32 heavy (non-hydrogen) atoms. The summed E-state index contributed by atoms with van der Waals surface area (Å²) >= 11 is 0. The molecule has 2 aliphatic rings. The first-order valence-corrected chi connectivity index (χ1v) is 11.1. The van der Waals surface area contributed by atoms with Crippen molar-refractivity contribution in [1.82, 2.24) is 29.7 Å². The second-order valence-electron chi connectivity index (χ2n) is 8.33. The number of likely N-dealkylation sites (tertiary alicyclic amines) is 2. The first-order chi connectivity index (χ1) is 15.6. The number of hydrogen-bond donors (Lipinski definition) is 1. The predicted octanol–water partition coefficient (Wildman–Crippen LogP) is 1.35. The van der Waals surface area contributed by atoms with Gasteiger partial charge in [-0.3, -0.25) is 9.69 Å². The minimum atomic E-state index is 0.0926. The van der Waals surface area contributed by atoms with Crippen molar-refractivity contribution in [2.45, 2.75) is 32.2 Å². The van der Waals surface area contributed by atoms with Gasteiger partial charge in [0.2, 0.25) is 11.9 Å². The first kappa shape index (κ1) is 22.1. The number of nitrogen functional groups attached to an aromatic ring is 1. The Morgan fingerprint density at radius 3 is 2.28 bits per heavy atom. The molecule has 10 nitrogen and oxygen atoms in total. The van der Waals surface area contributed by atoms with E-state index in [1.165, 1.54) is 7.11 Å². The third-order valence-corrected chi connectivity index (χ3v) is 6.25. The van der Waals surface area contributed by atoms with Crippen LogP contribution in [-0.2, 0) is 16.2 Å². The van der Waals surface area contributed by atoms with Crippen LogP contribution in [0.4, 0.5) is 5.95 Å². The first-order valence-electron chi connectivity index (χ1n) is 11.1. The van der Waals surface area contributed by atoms with E-state index >= 15 is 0 Å². The smallest absolute Gasteiger partial charge is 0.225 e. The van der Waals surface area contributed by atoms with E-state index in [1.807, 2.05) is 4.90 Å². The number of hydrogen-bond acceptors (Lipinski definition) is 9. The number of rotatable bonds is 6. The number of carbonyl (C=O) groups excluding carboxylic acids is 1. The zero-order valence-electron chi connectivity index (χ0n) is 18.4. The summed E-state index contributed by atoms with van der Waals surface area (Å²) in [6, 6.07) is 1.78. The summed E-state index contributed by atoms with van der Waals surface area (Å²) in [6.45, 7) is 4.03. The van der Waals surface area contributed by atoms with Gasteiger partial charge in [-0.2, -0.15) is 0 Å². The van der Waals surface area contributed by atoms with E-state index in [-0.39, 0.29) is 17.7 Å². The average molecular weight is 439 g/mol. The Hall–Kier alpha value is -3.14. The Kier molecular flexibility index (Phi) is 7.21. The van der Waals surface area contributed by atoms with Gasteiger partial charge in [0.15, 0.2) is 5.82 Å². The van der Waals surface area contributed by atoms with Gasteiger partial charge in [0.1, 0.15) is 12.8 Å². The molecule has 2 aromatic rings. The summed E-state index contributed by atoms with van der Waals surface area (Å²) in [5, 5.41) is 4.19. The number of piperidine rings is 2. The molecule has 0 atom stereocenters. The minimum absolute atomic E-state index is 0.0926. The average Bonchev–Trinajstić information content (AvgIpc) is 2.85. The van der Waals surface area contributed by atoms with E-state index < -0.39 is 0 Å². The standard InChI is InChI=1S/C22H30N8O2/c1-32-28-19(20-24-7-2-8-25-20)17-5-11-30(12-6-17)21(31)18-3-9-29(10-4-18)15-16-13-26-22(23)27-14-16/h2,7-8,13-14,17-18H,3-6,9-12,15H2,1H3,(H2,23,26,27)/b28-19-. The summed E-state index contributed by atoms with van der Waals surface area (Å²) in [4.78, 5) is 39.3. The van der Waals surface area contributed by atoms with Crippen LogP contribution in [-0.4, -0.2) is 74.6 Å². The van der Waals surface area contributed by atoms with Gasteiger partial charge in [-0.25, -0.2) is 19.9 Å². The fourth-order valence-electron chi connectivity index (χ4n) is 4.50. The highest BCUT2D eigenvalue weighted by Crippen LogP contribution is 2.26. The van der Waals surface area contributed by atoms with Crippen molar-refractivity contribution in [3.63, 3.8) is 0 Å². The van der Waals surface area contributed by atoms with Crippen LogP contribution in [0.25, 0.3) is 0 Å². The summed E-state index contributed by atoms with van der Waals surface area (Å²) < 4.78 is 0. The van der Waals surface area contributed by atoms with Gasteiger partial charge in [0, 0.05) is 61.8 Å². The SMILES string of the molecule is CO/N=C(\c1ncccn1)C1CCN(C(=O)C2CCN(Cc3cnc(N)nc3)CC2)CC1. The molecule has 0 aromatic carbocycles. The van der Waals surface area contributed by atoms with Crippen LogP contribution in [0.1, 0.15) is 37.1 Å². The molecule has 10 heteroatoms. The highest BCUT2D eigenvalue weighted by Gasteiger charge is 2.33. The topological polar surface area (TPSA) is 123 Å². The molecule has 170 valence electrons. The van der Waals surface area contributed by atoms with Gasteiger partial charge in [0.25, 0.3) is 0 Å². The van der Waals surface area contributed by atoms with Crippen molar-refractivity contribution in [2.75, 3.05) is 39.0 Å². The van der Waals surface area contributed by atoms with E-state index in [2.05, 4.69) is 30.0 Å². The predicted molar refractivity (Wildman–Crippen MR) is 119 cm³/mol. The monoisotopic (exact) mass is 438 g/mol. The van der Waals surface area contributed by atoms with E-state index in [4.69, 9.17) is 10.6 Å². The molecule has 0 aliphatic carbocycles. The zero-order chi connectivity index (χ0) is 22.3. The Morgan fingerprint density at radius 2 is 1.66 bits per heavy atom. The molecule has 0 spiro atoms. The van der Waals surface area contributed by atoms with Crippen molar-refractivity contribution in [3.05, 3.63) is 42.2 Å². The molecule has 2 N–H and O–H groups in total. The highest BCUT2D eigenvalue weighted by molar-refractivity contribution is 5.98. The number of nitrogens with two attached hydrogens (primary N) is 1. The molecule has 4 rings (SSSR count). The second-order valence-corrected chi connectivity index (χ2v) is 8.33. The van der Waals surface area contributed by atoms with Crippen molar-refractivity contribution in [1.29, 1.82) is 0 Å². The van der Waals surface area contributed by atoms with Gasteiger partial charge < -0.3 is 15.5 Å². The van der Waals surface area contributed by atoms with Gasteiger partial charge in [-0.05, 0) is 44.8 Å². The molecule has 0 radical (unpaired) electrons. The lowest BCUT2D eigenvalue weighted by Gasteiger charge is -2.37. The van der Waals surface area contributed by atoms with Gasteiger partial charge in [-0.15, -0.1) is 0 Å². The van der Waals surface area contributed by atoms with Gasteiger partial charge in [-0.1, -0.05) is 5.16 Å². The molecule has 0 bridgehead atoms. The molecule has 2 aromatic heterocycles. The number of aromatic nitrogens is 4. The fourth-order valence-corrected chi connectivity index (χ4v) is 4.50. The summed E-state index contributed by atoms with van der Waals surface area (Å²) in [7, 11) is 1.54. The van der Waals surface area contributed by atoms with Crippen LogP contribution in [0.15, 0.2) is 36.0 Å². The Labute approximate surface area is 187 Å². The molecular weight excluding hydrogens is 408 g/mol. The molecule has 0 unspecified atom stereocenters. The maximum atomic E-state index is 13.1. The van der Waals surface area contributed by atoms with Crippen LogP contribution >= 0.6 is 0 Å². The largest absolute Gasteiger partial charge is 0.399 e. The van der Waals surface area contributed by atoms with Crippen LogP contribution in [0.3, 0.4) is 0 Å². The minimum Gasteiger partial charge on any atom is -0.399 e. The van der Waals surface area contributed by atoms with E-state index in [0.717, 1.165) is 69.7 Å². The second kappa shape index (κ2) is 10.4. The Balaban J connectivity index is 1.26. The molecule has 2 saturated heterocycles. The maximum Gasteiger partial charge on any atom is 0.225 e. The lowest BCUT2D eigenvalue weighted by atomic mass is 9.89. The van der Waals surface area contributed by atoms with Crippen LogP contribution in [0, 0.1) is 11.8 Å². The summed E-state index contributed by atoms with van der Waals surface area (Å²) in [5.74, 6) is 1.44. The van der Waals surface area contributed by atoms with Gasteiger partial charge in [0.05, 0.1) is 0 Å². The highest BCUT2D eigenvalue weighted by atomic mass is 16.6.